The van der Waals surface area contributed by atoms with E-state index in [1.807, 2.05) is 24.3 Å². The molecule has 0 bridgehead atoms. The van der Waals surface area contributed by atoms with Gasteiger partial charge in [-0.25, -0.2) is 0 Å². The highest BCUT2D eigenvalue weighted by Gasteiger charge is 2.09. The van der Waals surface area contributed by atoms with E-state index in [0.29, 0.717) is 30.3 Å². The van der Waals surface area contributed by atoms with Gasteiger partial charge in [0.15, 0.2) is 11.5 Å². The van der Waals surface area contributed by atoms with E-state index in [2.05, 4.69) is 25.7 Å². The summed E-state index contributed by atoms with van der Waals surface area (Å²) in [4.78, 5) is 17.3. The molecule has 140 valence electrons. The van der Waals surface area contributed by atoms with Gasteiger partial charge in [0.25, 0.3) is 0 Å². The molecule has 0 unspecified atom stereocenters. The second kappa shape index (κ2) is 8.75. The van der Waals surface area contributed by atoms with Gasteiger partial charge in [0.2, 0.25) is 11.7 Å². The van der Waals surface area contributed by atoms with E-state index in [0.717, 1.165) is 11.1 Å². The molecule has 2 heterocycles. The third-order valence-electron chi connectivity index (χ3n) is 3.84. The first-order chi connectivity index (χ1) is 13.2. The first-order valence-corrected chi connectivity index (χ1v) is 8.35. The Morgan fingerprint density at radius 2 is 2.04 bits per heavy atom. The van der Waals surface area contributed by atoms with E-state index in [4.69, 9.17) is 9.47 Å². The van der Waals surface area contributed by atoms with Gasteiger partial charge in [0, 0.05) is 24.5 Å². The number of benzene rings is 1. The molecule has 0 saturated carbocycles. The number of carbonyl (C=O) groups excluding carboxylic acids is 1. The fourth-order valence-electron chi connectivity index (χ4n) is 2.49. The Kier molecular flexibility index (Phi) is 5.93. The summed E-state index contributed by atoms with van der Waals surface area (Å²) in [7, 11) is 3.18. The molecule has 0 saturated heterocycles. The highest BCUT2D eigenvalue weighted by molar-refractivity contribution is 5.75. The maximum absolute atomic E-state index is 12.1. The van der Waals surface area contributed by atoms with Gasteiger partial charge in [-0.05, 0) is 41.5 Å². The molecule has 0 aliphatic carbocycles. The van der Waals surface area contributed by atoms with Crippen molar-refractivity contribution >= 4 is 5.91 Å². The number of ether oxygens (including phenoxy) is 2. The molecule has 9 nitrogen and oxygen atoms in total. The largest absolute Gasteiger partial charge is 0.493 e. The van der Waals surface area contributed by atoms with Crippen LogP contribution in [-0.4, -0.2) is 51.9 Å². The standard InChI is InChI=1S/C18H20N6O3/c1-26-15-6-5-13(10-16(15)27-2)7-9-20-17(25)12-24-22-18(21-23-24)14-4-3-8-19-11-14/h3-6,8,10-11H,7,9,12H2,1-2H3,(H,20,25). The highest BCUT2D eigenvalue weighted by atomic mass is 16.5. The highest BCUT2D eigenvalue weighted by Crippen LogP contribution is 2.27. The third kappa shape index (κ3) is 4.78. The topological polar surface area (TPSA) is 104 Å². The van der Waals surface area contributed by atoms with Crippen molar-refractivity contribution in [1.29, 1.82) is 0 Å². The normalized spacial score (nSPS) is 10.4. The molecule has 3 aromatic rings. The minimum Gasteiger partial charge on any atom is -0.493 e. The van der Waals surface area contributed by atoms with Gasteiger partial charge >= 0.3 is 0 Å². The van der Waals surface area contributed by atoms with Gasteiger partial charge in [-0.15, -0.1) is 10.2 Å². The number of pyridine rings is 1. The van der Waals surface area contributed by atoms with Gasteiger partial charge in [-0.2, -0.15) is 4.80 Å². The van der Waals surface area contributed by atoms with E-state index in [9.17, 15) is 4.79 Å². The minimum absolute atomic E-state index is 0.000798. The zero-order valence-corrected chi connectivity index (χ0v) is 15.1. The molecule has 0 aliphatic heterocycles. The number of tetrazole rings is 1. The molecule has 1 aromatic carbocycles. The van der Waals surface area contributed by atoms with Gasteiger partial charge in [-0.3, -0.25) is 9.78 Å². The Morgan fingerprint density at radius 1 is 1.19 bits per heavy atom. The van der Waals surface area contributed by atoms with E-state index in [1.165, 1.54) is 4.80 Å². The van der Waals surface area contributed by atoms with Gasteiger partial charge in [-0.1, -0.05) is 6.07 Å². The van der Waals surface area contributed by atoms with Crippen LogP contribution in [0.3, 0.4) is 0 Å². The molecule has 0 atom stereocenters. The number of nitrogens with zero attached hydrogens (tertiary/aromatic N) is 5. The zero-order chi connectivity index (χ0) is 19.1. The summed E-state index contributed by atoms with van der Waals surface area (Å²) >= 11 is 0. The number of amides is 1. The Labute approximate surface area is 156 Å². The lowest BCUT2D eigenvalue weighted by atomic mass is 10.1. The van der Waals surface area contributed by atoms with Crippen LogP contribution in [0.1, 0.15) is 5.56 Å². The molecule has 0 spiro atoms. The fraction of sp³-hybridized carbons (Fsp3) is 0.278. The first-order valence-electron chi connectivity index (χ1n) is 8.35. The van der Waals surface area contributed by atoms with Crippen molar-refractivity contribution in [1.82, 2.24) is 30.5 Å². The smallest absolute Gasteiger partial charge is 0.243 e. The summed E-state index contributed by atoms with van der Waals surface area (Å²) in [5.74, 6) is 1.58. The Morgan fingerprint density at radius 3 is 2.78 bits per heavy atom. The van der Waals surface area contributed by atoms with Gasteiger partial charge in [0.05, 0.1) is 14.2 Å². The van der Waals surface area contributed by atoms with Crippen LogP contribution in [0.15, 0.2) is 42.7 Å². The molecule has 27 heavy (non-hydrogen) atoms. The lowest BCUT2D eigenvalue weighted by Gasteiger charge is -2.10. The average Bonchev–Trinajstić information content (AvgIpc) is 3.17. The summed E-state index contributed by atoms with van der Waals surface area (Å²) < 4.78 is 10.5. The SMILES string of the molecule is COc1ccc(CCNC(=O)Cn2nnc(-c3cccnc3)n2)cc1OC. The lowest BCUT2D eigenvalue weighted by molar-refractivity contribution is -0.122. The molecule has 3 rings (SSSR count). The van der Waals surface area contributed by atoms with Gasteiger partial charge in [0.1, 0.15) is 6.54 Å². The third-order valence-corrected chi connectivity index (χ3v) is 3.84. The molecular formula is C18H20N6O3. The summed E-state index contributed by atoms with van der Waals surface area (Å²) in [6.45, 7) is 0.484. The van der Waals surface area contributed by atoms with Crippen molar-refractivity contribution in [3.05, 3.63) is 48.3 Å². The molecule has 2 aromatic heterocycles. The van der Waals surface area contributed by atoms with Crippen LogP contribution in [-0.2, 0) is 17.8 Å². The summed E-state index contributed by atoms with van der Waals surface area (Å²) in [6.07, 6.45) is 3.97. The van der Waals surface area contributed by atoms with E-state index >= 15 is 0 Å². The number of carbonyl (C=O) groups is 1. The predicted molar refractivity (Wildman–Crippen MR) is 97.3 cm³/mol. The number of methoxy groups -OCH3 is 2. The fourth-order valence-corrected chi connectivity index (χ4v) is 2.49. The van der Waals surface area contributed by atoms with Crippen molar-refractivity contribution in [3.8, 4) is 22.9 Å². The van der Waals surface area contributed by atoms with Crippen molar-refractivity contribution in [2.75, 3.05) is 20.8 Å². The van der Waals surface area contributed by atoms with Crippen LogP contribution in [0.5, 0.6) is 11.5 Å². The monoisotopic (exact) mass is 368 g/mol. The van der Waals surface area contributed by atoms with Crippen LogP contribution in [0, 0.1) is 0 Å². The number of rotatable bonds is 8. The molecule has 1 amide bonds. The van der Waals surface area contributed by atoms with Crippen LogP contribution in [0.25, 0.3) is 11.4 Å². The molecule has 9 heteroatoms. The second-order valence-corrected chi connectivity index (χ2v) is 5.67. The summed E-state index contributed by atoms with van der Waals surface area (Å²) in [5.41, 5.74) is 1.78. The molecular weight excluding hydrogens is 348 g/mol. The van der Waals surface area contributed by atoms with Gasteiger partial charge < -0.3 is 14.8 Å². The van der Waals surface area contributed by atoms with E-state index in [1.54, 1.807) is 32.7 Å². The zero-order valence-electron chi connectivity index (χ0n) is 15.1. The van der Waals surface area contributed by atoms with Crippen LogP contribution in [0.2, 0.25) is 0 Å². The number of hydrogen-bond donors (Lipinski definition) is 1. The number of nitrogens with one attached hydrogen (secondary N) is 1. The van der Waals surface area contributed by atoms with E-state index < -0.39 is 0 Å². The number of hydrogen-bond acceptors (Lipinski definition) is 7. The van der Waals surface area contributed by atoms with Crippen molar-refractivity contribution in [2.45, 2.75) is 13.0 Å². The average molecular weight is 368 g/mol. The number of aromatic nitrogens is 5. The van der Waals surface area contributed by atoms with E-state index in [-0.39, 0.29) is 12.5 Å². The second-order valence-electron chi connectivity index (χ2n) is 5.67. The van der Waals surface area contributed by atoms with Crippen LogP contribution >= 0.6 is 0 Å². The first kappa shape index (κ1) is 18.3. The molecule has 1 N–H and O–H groups in total. The lowest BCUT2D eigenvalue weighted by Crippen LogP contribution is -2.30. The van der Waals surface area contributed by atoms with Crippen molar-refractivity contribution in [2.24, 2.45) is 0 Å². The molecule has 0 radical (unpaired) electrons. The Balaban J connectivity index is 1.50. The van der Waals surface area contributed by atoms with Crippen molar-refractivity contribution < 1.29 is 14.3 Å². The Bertz CT molecular complexity index is 897. The minimum atomic E-state index is -0.189. The predicted octanol–water partition coefficient (Wildman–Crippen LogP) is 1.11. The van der Waals surface area contributed by atoms with Crippen molar-refractivity contribution in [3.63, 3.8) is 0 Å². The molecule has 0 aliphatic rings. The molecule has 0 fully saturated rings. The Hall–Kier alpha value is -3.49. The maximum atomic E-state index is 12.1. The maximum Gasteiger partial charge on any atom is 0.243 e. The summed E-state index contributed by atoms with van der Waals surface area (Å²) in [5, 5.41) is 14.9. The summed E-state index contributed by atoms with van der Waals surface area (Å²) in [6, 6.07) is 9.29. The quantitative estimate of drug-likeness (QED) is 0.635. The van der Waals surface area contributed by atoms with Crippen LogP contribution in [0.4, 0.5) is 0 Å². The van der Waals surface area contributed by atoms with Crippen LogP contribution < -0.4 is 14.8 Å².